The number of nitrogens with one attached hydrogen (secondary N) is 1. The SMILES string of the molecule is CN(C(=O)Nc1ccccc1F)c1cccc(C#N)c1. The molecule has 0 saturated heterocycles. The summed E-state index contributed by atoms with van der Waals surface area (Å²) in [6, 6.07) is 14.1. The highest BCUT2D eigenvalue weighted by molar-refractivity contribution is 6.01. The van der Waals surface area contributed by atoms with Gasteiger partial charge in [-0.25, -0.2) is 9.18 Å². The van der Waals surface area contributed by atoms with Gasteiger partial charge in [-0.05, 0) is 30.3 Å². The lowest BCUT2D eigenvalue weighted by Gasteiger charge is -2.18. The molecular weight excluding hydrogens is 257 g/mol. The van der Waals surface area contributed by atoms with Crippen molar-refractivity contribution in [2.24, 2.45) is 0 Å². The third-order valence-corrected chi connectivity index (χ3v) is 2.78. The molecule has 0 unspecified atom stereocenters. The topological polar surface area (TPSA) is 56.1 Å². The van der Waals surface area contributed by atoms with Crippen LogP contribution in [0, 0.1) is 17.1 Å². The number of nitriles is 1. The Labute approximate surface area is 116 Å². The molecule has 0 radical (unpaired) electrons. The van der Waals surface area contributed by atoms with Gasteiger partial charge in [-0.2, -0.15) is 5.26 Å². The monoisotopic (exact) mass is 269 g/mol. The molecule has 0 aliphatic rings. The van der Waals surface area contributed by atoms with Gasteiger partial charge in [-0.15, -0.1) is 0 Å². The molecule has 0 fully saturated rings. The van der Waals surface area contributed by atoms with Crippen LogP contribution < -0.4 is 10.2 Å². The van der Waals surface area contributed by atoms with E-state index in [1.807, 2.05) is 6.07 Å². The summed E-state index contributed by atoms with van der Waals surface area (Å²) in [4.78, 5) is 13.3. The number of nitrogens with zero attached hydrogens (tertiary/aromatic N) is 2. The predicted octanol–water partition coefficient (Wildman–Crippen LogP) is 3.37. The van der Waals surface area contributed by atoms with Crippen LogP contribution in [0.4, 0.5) is 20.6 Å². The van der Waals surface area contributed by atoms with Gasteiger partial charge in [-0.1, -0.05) is 18.2 Å². The Morgan fingerprint density at radius 2 is 2.00 bits per heavy atom. The maximum absolute atomic E-state index is 13.5. The number of hydrogen-bond acceptors (Lipinski definition) is 2. The summed E-state index contributed by atoms with van der Waals surface area (Å²) in [5.41, 5.74) is 1.12. The Kier molecular flexibility index (Phi) is 3.96. The number of hydrogen-bond donors (Lipinski definition) is 1. The van der Waals surface area contributed by atoms with E-state index < -0.39 is 11.8 Å². The second-order valence-corrected chi connectivity index (χ2v) is 4.13. The van der Waals surface area contributed by atoms with Crippen LogP contribution in [0.3, 0.4) is 0 Å². The molecule has 100 valence electrons. The molecular formula is C15H12FN3O. The normalized spacial score (nSPS) is 9.65. The van der Waals surface area contributed by atoms with Gasteiger partial charge >= 0.3 is 6.03 Å². The van der Waals surface area contributed by atoms with Crippen molar-refractivity contribution in [3.8, 4) is 6.07 Å². The number of benzene rings is 2. The van der Waals surface area contributed by atoms with Gasteiger partial charge < -0.3 is 5.32 Å². The molecule has 2 aromatic carbocycles. The quantitative estimate of drug-likeness (QED) is 0.908. The average molecular weight is 269 g/mol. The van der Waals surface area contributed by atoms with Gasteiger partial charge in [0.1, 0.15) is 5.82 Å². The highest BCUT2D eigenvalue weighted by Gasteiger charge is 2.13. The first kappa shape index (κ1) is 13.6. The van der Waals surface area contributed by atoms with E-state index in [0.717, 1.165) is 0 Å². The van der Waals surface area contributed by atoms with Gasteiger partial charge in [0.05, 0.1) is 17.3 Å². The largest absolute Gasteiger partial charge is 0.326 e. The number of carbonyl (C=O) groups is 1. The Morgan fingerprint density at radius 3 is 2.70 bits per heavy atom. The van der Waals surface area contributed by atoms with E-state index in [2.05, 4.69) is 5.32 Å². The van der Waals surface area contributed by atoms with E-state index >= 15 is 0 Å². The molecule has 20 heavy (non-hydrogen) atoms. The minimum Gasteiger partial charge on any atom is -0.305 e. The zero-order valence-corrected chi connectivity index (χ0v) is 10.8. The molecule has 2 rings (SSSR count). The van der Waals surface area contributed by atoms with Crippen LogP contribution in [0.25, 0.3) is 0 Å². The molecule has 0 spiro atoms. The first-order chi connectivity index (χ1) is 9.61. The first-order valence-corrected chi connectivity index (χ1v) is 5.91. The van der Waals surface area contributed by atoms with Crippen molar-refractivity contribution in [3.05, 3.63) is 59.9 Å². The van der Waals surface area contributed by atoms with Crippen molar-refractivity contribution in [2.45, 2.75) is 0 Å². The summed E-state index contributed by atoms with van der Waals surface area (Å²) >= 11 is 0. The highest BCUT2D eigenvalue weighted by Crippen LogP contribution is 2.17. The fraction of sp³-hybridized carbons (Fsp3) is 0.0667. The number of urea groups is 1. The van der Waals surface area contributed by atoms with Crippen LogP contribution in [-0.4, -0.2) is 13.1 Å². The molecule has 2 amide bonds. The minimum absolute atomic E-state index is 0.112. The molecule has 4 nitrogen and oxygen atoms in total. The van der Waals surface area contributed by atoms with E-state index in [4.69, 9.17) is 5.26 Å². The minimum atomic E-state index is -0.500. The van der Waals surface area contributed by atoms with Crippen LogP contribution >= 0.6 is 0 Å². The molecule has 0 bridgehead atoms. The Bertz CT molecular complexity index is 679. The number of anilines is 2. The Hall–Kier alpha value is -2.87. The van der Waals surface area contributed by atoms with E-state index in [-0.39, 0.29) is 5.69 Å². The highest BCUT2D eigenvalue weighted by atomic mass is 19.1. The Morgan fingerprint density at radius 1 is 1.25 bits per heavy atom. The van der Waals surface area contributed by atoms with E-state index in [0.29, 0.717) is 11.3 Å². The predicted molar refractivity (Wildman–Crippen MR) is 75.0 cm³/mol. The average Bonchev–Trinajstić information content (AvgIpc) is 2.48. The molecule has 0 saturated carbocycles. The van der Waals surface area contributed by atoms with Crippen LogP contribution in [0.1, 0.15) is 5.56 Å². The fourth-order valence-corrected chi connectivity index (χ4v) is 1.66. The molecule has 1 N–H and O–H groups in total. The van der Waals surface area contributed by atoms with Crippen LogP contribution in [0.2, 0.25) is 0 Å². The summed E-state index contributed by atoms with van der Waals surface area (Å²) in [6.07, 6.45) is 0. The second kappa shape index (κ2) is 5.85. The standard InChI is InChI=1S/C15H12FN3O/c1-19(12-6-4-5-11(9-12)10-17)15(20)18-14-8-3-2-7-13(14)16/h2-9H,1H3,(H,18,20). The summed E-state index contributed by atoms with van der Waals surface area (Å²) in [6.45, 7) is 0. The van der Waals surface area contributed by atoms with Crippen molar-refractivity contribution in [3.63, 3.8) is 0 Å². The van der Waals surface area contributed by atoms with Gasteiger partial charge in [0, 0.05) is 12.7 Å². The molecule has 5 heteroatoms. The summed E-state index contributed by atoms with van der Waals surface area (Å²) in [5, 5.41) is 11.3. The summed E-state index contributed by atoms with van der Waals surface area (Å²) in [7, 11) is 1.55. The van der Waals surface area contributed by atoms with Crippen molar-refractivity contribution in [1.82, 2.24) is 0 Å². The van der Waals surface area contributed by atoms with Crippen molar-refractivity contribution < 1.29 is 9.18 Å². The lowest BCUT2D eigenvalue weighted by atomic mass is 10.2. The third kappa shape index (κ3) is 2.93. The molecule has 0 aliphatic heterocycles. The van der Waals surface area contributed by atoms with Gasteiger partial charge in [0.15, 0.2) is 0 Å². The fourth-order valence-electron chi connectivity index (χ4n) is 1.66. The molecule has 0 heterocycles. The maximum atomic E-state index is 13.5. The van der Waals surface area contributed by atoms with Gasteiger partial charge in [-0.3, -0.25) is 4.90 Å². The molecule has 0 aliphatic carbocycles. The zero-order chi connectivity index (χ0) is 14.5. The Balaban J connectivity index is 2.17. The molecule has 2 aromatic rings. The van der Waals surface area contributed by atoms with E-state index in [9.17, 15) is 9.18 Å². The number of halogens is 1. The summed E-state index contributed by atoms with van der Waals surface area (Å²) in [5.74, 6) is -0.500. The molecule has 0 atom stereocenters. The lowest BCUT2D eigenvalue weighted by molar-refractivity contribution is 0.258. The van der Waals surface area contributed by atoms with E-state index in [1.165, 1.54) is 17.0 Å². The van der Waals surface area contributed by atoms with Crippen LogP contribution in [0.5, 0.6) is 0 Å². The number of para-hydroxylation sites is 1. The van der Waals surface area contributed by atoms with Crippen molar-refractivity contribution >= 4 is 17.4 Å². The third-order valence-electron chi connectivity index (χ3n) is 2.78. The first-order valence-electron chi connectivity index (χ1n) is 5.91. The number of amides is 2. The van der Waals surface area contributed by atoms with E-state index in [1.54, 1.807) is 43.4 Å². The summed E-state index contributed by atoms with van der Waals surface area (Å²) < 4.78 is 13.5. The number of rotatable bonds is 2. The van der Waals surface area contributed by atoms with Crippen molar-refractivity contribution in [2.75, 3.05) is 17.3 Å². The van der Waals surface area contributed by atoms with Gasteiger partial charge in [0.2, 0.25) is 0 Å². The smallest absolute Gasteiger partial charge is 0.305 e. The number of carbonyl (C=O) groups excluding carboxylic acids is 1. The maximum Gasteiger partial charge on any atom is 0.326 e. The lowest BCUT2D eigenvalue weighted by Crippen LogP contribution is -2.31. The zero-order valence-electron chi connectivity index (χ0n) is 10.8. The second-order valence-electron chi connectivity index (χ2n) is 4.13. The molecule has 0 aromatic heterocycles. The van der Waals surface area contributed by atoms with Gasteiger partial charge in [0.25, 0.3) is 0 Å². The van der Waals surface area contributed by atoms with Crippen molar-refractivity contribution in [1.29, 1.82) is 5.26 Å². The van der Waals surface area contributed by atoms with Crippen LogP contribution in [0.15, 0.2) is 48.5 Å². The van der Waals surface area contributed by atoms with Crippen LogP contribution in [-0.2, 0) is 0 Å².